The number of carbonyl (C=O) groups excluding carboxylic acids is 2. The molecule has 2 heterocycles. The fourth-order valence-corrected chi connectivity index (χ4v) is 3.52. The van der Waals surface area contributed by atoms with Gasteiger partial charge in [-0.3, -0.25) is 19.6 Å². The first-order valence-electron chi connectivity index (χ1n) is 9.07. The Labute approximate surface area is 187 Å². The van der Waals surface area contributed by atoms with E-state index in [1.807, 2.05) is 18.2 Å². The summed E-state index contributed by atoms with van der Waals surface area (Å²) in [5.74, 6) is 0.607. The zero-order chi connectivity index (χ0) is 19.2. The zero-order valence-electron chi connectivity index (χ0n) is 15.9. The van der Waals surface area contributed by atoms with E-state index in [9.17, 15) is 9.59 Å². The van der Waals surface area contributed by atoms with E-state index in [1.165, 1.54) is 10.5 Å². The molecule has 0 aromatic heterocycles. The molecule has 0 radical (unpaired) electrons. The molecule has 154 valence electrons. The zero-order valence-corrected chi connectivity index (χ0v) is 18.9. The van der Waals surface area contributed by atoms with Gasteiger partial charge in [0.1, 0.15) is 0 Å². The van der Waals surface area contributed by atoms with Gasteiger partial charge in [-0.25, -0.2) is 4.79 Å². The van der Waals surface area contributed by atoms with Gasteiger partial charge in [0.15, 0.2) is 5.96 Å². The predicted octanol–water partition coefficient (Wildman–Crippen LogP) is 1.20. The summed E-state index contributed by atoms with van der Waals surface area (Å²) >= 11 is 6.06. The van der Waals surface area contributed by atoms with Crippen LogP contribution in [0, 0.1) is 0 Å². The van der Waals surface area contributed by atoms with Crippen molar-refractivity contribution in [1.82, 2.24) is 25.3 Å². The maximum atomic E-state index is 11.6. The molecular formula is C18H26ClIN6O2. The van der Waals surface area contributed by atoms with Crippen molar-refractivity contribution in [3.05, 3.63) is 34.9 Å². The van der Waals surface area contributed by atoms with E-state index in [4.69, 9.17) is 11.6 Å². The number of carbonyl (C=O) groups is 2. The molecule has 0 bridgehead atoms. The Morgan fingerprint density at radius 2 is 2.00 bits per heavy atom. The van der Waals surface area contributed by atoms with E-state index >= 15 is 0 Å². The molecule has 0 unspecified atom stereocenters. The van der Waals surface area contributed by atoms with Gasteiger partial charge in [0.05, 0.1) is 6.54 Å². The number of halogens is 2. The molecule has 2 fully saturated rings. The van der Waals surface area contributed by atoms with Gasteiger partial charge in [0.2, 0.25) is 5.91 Å². The van der Waals surface area contributed by atoms with Crippen LogP contribution in [0.1, 0.15) is 5.56 Å². The van der Waals surface area contributed by atoms with Crippen LogP contribution in [0.25, 0.3) is 0 Å². The monoisotopic (exact) mass is 520 g/mol. The number of aliphatic imine (C=N–C) groups is 1. The Hall–Kier alpha value is -1.59. The Morgan fingerprint density at radius 3 is 2.61 bits per heavy atom. The molecular weight excluding hydrogens is 495 g/mol. The van der Waals surface area contributed by atoms with Crippen LogP contribution in [0.3, 0.4) is 0 Å². The first-order chi connectivity index (χ1) is 13.1. The first-order valence-corrected chi connectivity index (χ1v) is 9.45. The lowest BCUT2D eigenvalue weighted by Gasteiger charge is -2.36. The van der Waals surface area contributed by atoms with E-state index in [-0.39, 0.29) is 42.5 Å². The van der Waals surface area contributed by atoms with Gasteiger partial charge in [-0.05, 0) is 17.7 Å². The minimum absolute atomic E-state index is 0. The van der Waals surface area contributed by atoms with Gasteiger partial charge in [-0.1, -0.05) is 23.7 Å². The summed E-state index contributed by atoms with van der Waals surface area (Å²) in [6, 6.07) is 7.63. The third-order valence-corrected chi connectivity index (χ3v) is 4.97. The highest BCUT2D eigenvalue weighted by Gasteiger charge is 2.28. The van der Waals surface area contributed by atoms with Crippen molar-refractivity contribution in [3.8, 4) is 0 Å². The highest BCUT2D eigenvalue weighted by atomic mass is 127. The molecule has 10 heteroatoms. The second-order valence-corrected chi connectivity index (χ2v) is 7.01. The molecule has 28 heavy (non-hydrogen) atoms. The number of hydrogen-bond acceptors (Lipinski definition) is 4. The molecule has 0 aliphatic carbocycles. The van der Waals surface area contributed by atoms with Crippen molar-refractivity contribution in [2.45, 2.75) is 6.54 Å². The number of benzene rings is 1. The third-order valence-electron chi connectivity index (χ3n) is 4.73. The van der Waals surface area contributed by atoms with E-state index in [2.05, 4.69) is 31.5 Å². The fourth-order valence-electron chi connectivity index (χ4n) is 3.30. The maximum absolute atomic E-state index is 11.6. The maximum Gasteiger partial charge on any atom is 0.324 e. The molecule has 3 amide bonds. The molecule has 1 aromatic rings. The van der Waals surface area contributed by atoms with Gasteiger partial charge in [0.25, 0.3) is 0 Å². The SMILES string of the molecule is CN=C(NCCN1C(=O)CNC1=O)N1CCN(Cc2cccc(Cl)c2)CC1.I. The molecule has 2 aliphatic rings. The number of hydrogen-bond donors (Lipinski definition) is 2. The molecule has 8 nitrogen and oxygen atoms in total. The Bertz CT molecular complexity index is 708. The molecule has 1 aromatic carbocycles. The minimum atomic E-state index is -0.327. The average molecular weight is 521 g/mol. The Morgan fingerprint density at radius 1 is 1.25 bits per heavy atom. The van der Waals surface area contributed by atoms with Crippen LogP contribution >= 0.6 is 35.6 Å². The van der Waals surface area contributed by atoms with Crippen molar-refractivity contribution in [2.75, 3.05) is 52.9 Å². The van der Waals surface area contributed by atoms with Crippen LogP contribution in [0.5, 0.6) is 0 Å². The molecule has 0 saturated carbocycles. The van der Waals surface area contributed by atoms with Crippen molar-refractivity contribution in [2.24, 2.45) is 4.99 Å². The van der Waals surface area contributed by atoms with Crippen LogP contribution in [0.15, 0.2) is 29.3 Å². The van der Waals surface area contributed by atoms with Crippen LogP contribution < -0.4 is 10.6 Å². The smallest absolute Gasteiger partial charge is 0.324 e. The number of urea groups is 1. The first kappa shape index (κ1) is 22.7. The molecule has 2 aliphatic heterocycles. The van der Waals surface area contributed by atoms with Crippen molar-refractivity contribution in [1.29, 1.82) is 0 Å². The van der Waals surface area contributed by atoms with Crippen molar-refractivity contribution < 1.29 is 9.59 Å². The summed E-state index contributed by atoms with van der Waals surface area (Å²) in [4.78, 5) is 33.3. The van der Waals surface area contributed by atoms with E-state index < -0.39 is 0 Å². The lowest BCUT2D eigenvalue weighted by molar-refractivity contribution is -0.124. The summed E-state index contributed by atoms with van der Waals surface area (Å²) in [6.45, 7) is 5.37. The summed E-state index contributed by atoms with van der Waals surface area (Å²) in [6.07, 6.45) is 0. The number of nitrogens with one attached hydrogen (secondary N) is 2. The van der Waals surface area contributed by atoms with E-state index in [1.54, 1.807) is 7.05 Å². The van der Waals surface area contributed by atoms with Crippen LogP contribution in [-0.2, 0) is 11.3 Å². The van der Waals surface area contributed by atoms with Crippen LogP contribution in [-0.4, -0.2) is 85.5 Å². The quantitative estimate of drug-likeness (QED) is 0.264. The van der Waals surface area contributed by atoms with Crippen LogP contribution in [0.2, 0.25) is 5.02 Å². The average Bonchev–Trinajstić information content (AvgIpc) is 2.98. The number of piperazine rings is 1. The molecule has 2 saturated heterocycles. The second-order valence-electron chi connectivity index (χ2n) is 6.57. The van der Waals surface area contributed by atoms with Gasteiger partial charge < -0.3 is 15.5 Å². The second kappa shape index (κ2) is 10.8. The minimum Gasteiger partial charge on any atom is -0.354 e. The van der Waals surface area contributed by atoms with Crippen molar-refractivity contribution >= 4 is 53.5 Å². The lowest BCUT2D eigenvalue weighted by atomic mass is 10.2. The molecule has 2 N–H and O–H groups in total. The fraction of sp³-hybridized carbons (Fsp3) is 0.500. The number of imide groups is 1. The molecule has 3 rings (SSSR count). The third kappa shape index (κ3) is 5.95. The van der Waals surface area contributed by atoms with Gasteiger partial charge in [-0.15, -0.1) is 24.0 Å². The highest BCUT2D eigenvalue weighted by Crippen LogP contribution is 2.14. The number of guanidine groups is 1. The van der Waals surface area contributed by atoms with Gasteiger partial charge >= 0.3 is 6.03 Å². The summed E-state index contributed by atoms with van der Waals surface area (Å²) in [5.41, 5.74) is 1.21. The summed E-state index contributed by atoms with van der Waals surface area (Å²) in [7, 11) is 1.74. The van der Waals surface area contributed by atoms with E-state index in [0.29, 0.717) is 13.1 Å². The van der Waals surface area contributed by atoms with Crippen LogP contribution in [0.4, 0.5) is 4.79 Å². The summed E-state index contributed by atoms with van der Waals surface area (Å²) < 4.78 is 0. The lowest BCUT2D eigenvalue weighted by Crippen LogP contribution is -2.53. The molecule has 0 spiro atoms. The van der Waals surface area contributed by atoms with Gasteiger partial charge in [0, 0.05) is 57.9 Å². The number of nitrogens with zero attached hydrogens (tertiary/aromatic N) is 4. The Kier molecular flexibility index (Phi) is 8.77. The number of amides is 3. The normalized spacial score (nSPS) is 18.1. The molecule has 0 atom stereocenters. The van der Waals surface area contributed by atoms with Crippen molar-refractivity contribution in [3.63, 3.8) is 0 Å². The standard InChI is InChI=1S/C18H25ClN6O2.HI/c1-20-17(21-5-6-25-16(26)12-22-18(25)27)24-9-7-23(8-10-24)13-14-3-2-4-15(19)11-14;/h2-4,11H,5-10,12-13H2,1H3,(H,20,21)(H,22,27);1H. The number of rotatable bonds is 5. The van der Waals surface area contributed by atoms with Gasteiger partial charge in [-0.2, -0.15) is 0 Å². The largest absolute Gasteiger partial charge is 0.354 e. The Balaban J connectivity index is 0.00000280. The highest BCUT2D eigenvalue weighted by molar-refractivity contribution is 14.0. The topological polar surface area (TPSA) is 80.3 Å². The predicted molar refractivity (Wildman–Crippen MR) is 120 cm³/mol. The van der Waals surface area contributed by atoms with E-state index in [0.717, 1.165) is 43.7 Å². The summed E-state index contributed by atoms with van der Waals surface area (Å²) in [5, 5.41) is 6.53.